The minimum absolute atomic E-state index is 0.126. The summed E-state index contributed by atoms with van der Waals surface area (Å²) in [7, 11) is 0. The van der Waals surface area contributed by atoms with Gasteiger partial charge in [0.1, 0.15) is 0 Å². The molecular formula is C21H15BrO3. The summed E-state index contributed by atoms with van der Waals surface area (Å²) >= 11 is 3.39. The van der Waals surface area contributed by atoms with E-state index in [1.54, 1.807) is 36.4 Å². The Kier molecular flexibility index (Phi) is 5.10. The highest BCUT2D eigenvalue weighted by Crippen LogP contribution is 2.33. The van der Waals surface area contributed by atoms with Gasteiger partial charge in [0.15, 0.2) is 5.78 Å². The second-order valence-electron chi connectivity index (χ2n) is 5.61. The number of hydrogen-bond donors (Lipinski definition) is 1. The first-order valence-electron chi connectivity index (χ1n) is 7.75. The van der Waals surface area contributed by atoms with Crippen molar-refractivity contribution in [3.8, 4) is 0 Å². The third-order valence-corrected chi connectivity index (χ3v) is 4.50. The van der Waals surface area contributed by atoms with Crippen LogP contribution in [-0.4, -0.2) is 16.9 Å². The van der Waals surface area contributed by atoms with E-state index in [9.17, 15) is 14.7 Å². The molecule has 4 heteroatoms. The third-order valence-electron chi connectivity index (χ3n) is 4.01. The molecule has 0 fully saturated rings. The average molecular weight is 395 g/mol. The number of carboxylic acid groups (broad SMARTS) is 1. The van der Waals surface area contributed by atoms with Gasteiger partial charge in [0.05, 0.1) is 11.5 Å². The molecule has 1 N–H and O–H groups in total. The highest BCUT2D eigenvalue weighted by Gasteiger charge is 2.28. The van der Waals surface area contributed by atoms with Gasteiger partial charge in [0.25, 0.3) is 0 Å². The lowest BCUT2D eigenvalue weighted by molar-refractivity contribution is 0.0695. The molecule has 0 aromatic heterocycles. The van der Waals surface area contributed by atoms with E-state index in [4.69, 9.17) is 0 Å². The molecule has 0 saturated carbocycles. The molecule has 3 rings (SSSR count). The Morgan fingerprint density at radius 2 is 1.44 bits per heavy atom. The second-order valence-corrected chi connectivity index (χ2v) is 6.53. The van der Waals surface area contributed by atoms with Gasteiger partial charge in [-0.2, -0.15) is 0 Å². The Labute approximate surface area is 154 Å². The number of halogens is 1. The first kappa shape index (κ1) is 17.1. The zero-order valence-corrected chi connectivity index (χ0v) is 14.8. The normalized spacial score (nSPS) is 11.7. The molecule has 3 aromatic carbocycles. The Balaban J connectivity index is 2.21. The van der Waals surface area contributed by atoms with Crippen molar-refractivity contribution in [1.82, 2.24) is 0 Å². The quantitative estimate of drug-likeness (QED) is 0.607. The van der Waals surface area contributed by atoms with Crippen molar-refractivity contribution in [1.29, 1.82) is 0 Å². The molecule has 3 aromatic rings. The van der Waals surface area contributed by atoms with Crippen LogP contribution in [0, 0.1) is 0 Å². The lowest BCUT2D eigenvalue weighted by Crippen LogP contribution is -2.18. The summed E-state index contributed by atoms with van der Waals surface area (Å²) in [6, 6.07) is 23.1. The molecule has 0 spiro atoms. The minimum Gasteiger partial charge on any atom is -0.478 e. The number of benzene rings is 3. The van der Waals surface area contributed by atoms with E-state index in [1.807, 2.05) is 36.4 Å². The summed E-state index contributed by atoms with van der Waals surface area (Å²) in [5.74, 6) is -1.87. The molecule has 0 aliphatic carbocycles. The number of carboxylic acids is 1. The summed E-state index contributed by atoms with van der Waals surface area (Å²) in [5.41, 5.74) is 1.91. The molecule has 1 atom stereocenters. The molecule has 0 bridgehead atoms. The van der Waals surface area contributed by atoms with Crippen LogP contribution in [0.2, 0.25) is 0 Å². The van der Waals surface area contributed by atoms with Crippen LogP contribution in [-0.2, 0) is 0 Å². The van der Waals surface area contributed by atoms with Crippen LogP contribution in [0.1, 0.15) is 37.8 Å². The van der Waals surface area contributed by atoms with E-state index in [1.165, 1.54) is 6.07 Å². The topological polar surface area (TPSA) is 54.4 Å². The second kappa shape index (κ2) is 7.45. The van der Waals surface area contributed by atoms with Crippen LogP contribution in [0.25, 0.3) is 0 Å². The predicted octanol–water partition coefficient (Wildman–Crippen LogP) is 5.16. The third kappa shape index (κ3) is 3.69. The van der Waals surface area contributed by atoms with Gasteiger partial charge in [-0.3, -0.25) is 4.79 Å². The fraction of sp³-hybridized carbons (Fsp3) is 0.0476. The molecule has 0 saturated heterocycles. The maximum Gasteiger partial charge on any atom is 0.336 e. The van der Waals surface area contributed by atoms with Gasteiger partial charge in [-0.25, -0.2) is 4.79 Å². The van der Waals surface area contributed by atoms with Gasteiger partial charge in [0.2, 0.25) is 0 Å². The maximum atomic E-state index is 13.2. The van der Waals surface area contributed by atoms with Crippen molar-refractivity contribution in [2.24, 2.45) is 0 Å². The van der Waals surface area contributed by atoms with Crippen molar-refractivity contribution >= 4 is 27.7 Å². The van der Waals surface area contributed by atoms with Crippen LogP contribution < -0.4 is 0 Å². The smallest absolute Gasteiger partial charge is 0.336 e. The van der Waals surface area contributed by atoms with Gasteiger partial charge in [-0.15, -0.1) is 0 Å². The fourth-order valence-corrected chi connectivity index (χ4v) is 3.23. The van der Waals surface area contributed by atoms with Crippen LogP contribution in [0.4, 0.5) is 0 Å². The van der Waals surface area contributed by atoms with E-state index in [-0.39, 0.29) is 11.3 Å². The Morgan fingerprint density at radius 1 is 0.840 bits per heavy atom. The van der Waals surface area contributed by atoms with Crippen LogP contribution in [0.5, 0.6) is 0 Å². The van der Waals surface area contributed by atoms with Crippen LogP contribution >= 0.6 is 15.9 Å². The minimum atomic E-state index is -1.05. The number of ketones is 1. The van der Waals surface area contributed by atoms with Gasteiger partial charge in [-0.05, 0) is 29.3 Å². The first-order valence-corrected chi connectivity index (χ1v) is 8.54. The molecule has 0 aliphatic heterocycles. The number of carbonyl (C=O) groups is 2. The van der Waals surface area contributed by atoms with E-state index in [2.05, 4.69) is 15.9 Å². The lowest BCUT2D eigenvalue weighted by Gasteiger charge is -2.19. The number of Topliss-reactive ketones (excluding diaryl/α,β-unsaturated/α-hetero) is 1. The molecule has 1 unspecified atom stereocenters. The average Bonchev–Trinajstić information content (AvgIpc) is 2.63. The monoisotopic (exact) mass is 394 g/mol. The van der Waals surface area contributed by atoms with E-state index in [0.29, 0.717) is 11.1 Å². The Hall–Kier alpha value is -2.72. The van der Waals surface area contributed by atoms with E-state index in [0.717, 1.165) is 10.0 Å². The molecule has 0 radical (unpaired) electrons. The summed E-state index contributed by atoms with van der Waals surface area (Å²) in [6.45, 7) is 0. The fourth-order valence-electron chi connectivity index (χ4n) is 2.85. The molecule has 25 heavy (non-hydrogen) atoms. The van der Waals surface area contributed by atoms with Gasteiger partial charge in [-0.1, -0.05) is 76.6 Å². The number of rotatable bonds is 5. The predicted molar refractivity (Wildman–Crippen MR) is 100 cm³/mol. The summed E-state index contributed by atoms with van der Waals surface area (Å²) in [5, 5.41) is 9.58. The lowest BCUT2D eigenvalue weighted by atomic mass is 9.82. The number of aromatic carboxylic acids is 1. The van der Waals surface area contributed by atoms with Crippen molar-refractivity contribution in [3.05, 3.63) is 106 Å². The van der Waals surface area contributed by atoms with Crippen molar-refractivity contribution in [2.75, 3.05) is 0 Å². The highest BCUT2D eigenvalue weighted by molar-refractivity contribution is 9.10. The van der Waals surface area contributed by atoms with Gasteiger partial charge < -0.3 is 5.11 Å². The molecular weight excluding hydrogens is 380 g/mol. The van der Waals surface area contributed by atoms with E-state index >= 15 is 0 Å². The number of carbonyl (C=O) groups excluding carboxylic acids is 1. The van der Waals surface area contributed by atoms with Crippen molar-refractivity contribution in [2.45, 2.75) is 5.92 Å². The molecule has 124 valence electrons. The van der Waals surface area contributed by atoms with Crippen molar-refractivity contribution in [3.63, 3.8) is 0 Å². The van der Waals surface area contributed by atoms with E-state index < -0.39 is 11.9 Å². The standard InChI is InChI=1S/C21H15BrO3/c22-16-11-12-17(21(24)25)18(13-16)19(14-7-3-1-4-8-14)20(23)15-9-5-2-6-10-15/h1-13,19H,(H,24,25). The first-order chi connectivity index (χ1) is 12.1. The van der Waals surface area contributed by atoms with Crippen molar-refractivity contribution < 1.29 is 14.7 Å². The zero-order valence-electron chi connectivity index (χ0n) is 13.2. The molecule has 0 heterocycles. The molecule has 0 aliphatic rings. The Morgan fingerprint density at radius 3 is 2.04 bits per heavy atom. The summed E-state index contributed by atoms with van der Waals surface area (Å²) < 4.78 is 0.731. The molecule has 0 amide bonds. The largest absolute Gasteiger partial charge is 0.478 e. The van der Waals surface area contributed by atoms with Crippen LogP contribution in [0.3, 0.4) is 0 Å². The zero-order chi connectivity index (χ0) is 17.8. The summed E-state index contributed by atoms with van der Waals surface area (Å²) in [4.78, 5) is 24.9. The number of hydrogen-bond acceptors (Lipinski definition) is 2. The maximum absolute atomic E-state index is 13.2. The van der Waals surface area contributed by atoms with Crippen LogP contribution in [0.15, 0.2) is 83.3 Å². The summed E-state index contributed by atoms with van der Waals surface area (Å²) in [6.07, 6.45) is 0. The SMILES string of the molecule is O=C(O)c1ccc(Br)cc1C(C(=O)c1ccccc1)c1ccccc1. The van der Waals surface area contributed by atoms with Gasteiger partial charge in [0, 0.05) is 10.0 Å². The Bertz CT molecular complexity index is 905. The van der Waals surface area contributed by atoms with Gasteiger partial charge >= 0.3 is 5.97 Å². The highest BCUT2D eigenvalue weighted by atomic mass is 79.9. The molecule has 3 nitrogen and oxygen atoms in total.